The minimum atomic E-state index is -0.0806. The summed E-state index contributed by atoms with van der Waals surface area (Å²) in [6.07, 6.45) is 1.96. The van der Waals surface area contributed by atoms with Crippen LogP contribution < -0.4 is 16.0 Å². The molecule has 1 aromatic carbocycles. The third-order valence-electron chi connectivity index (χ3n) is 4.52. The SMILES string of the molecule is NCC1CCN(C(=O)c2ccc(N3CCNC3=O)cc2)CC1. The van der Waals surface area contributed by atoms with E-state index in [1.54, 1.807) is 17.0 Å². The van der Waals surface area contributed by atoms with Crippen molar-refractivity contribution >= 4 is 17.6 Å². The van der Waals surface area contributed by atoms with Crippen LogP contribution in [0.5, 0.6) is 0 Å². The average Bonchev–Trinajstić information content (AvgIpc) is 3.00. The van der Waals surface area contributed by atoms with Crippen LogP contribution in [-0.2, 0) is 0 Å². The van der Waals surface area contributed by atoms with Crippen molar-refractivity contribution in [2.75, 3.05) is 37.6 Å². The summed E-state index contributed by atoms with van der Waals surface area (Å²) in [5, 5.41) is 2.77. The monoisotopic (exact) mass is 302 g/mol. The van der Waals surface area contributed by atoms with Gasteiger partial charge in [-0.1, -0.05) is 0 Å². The number of nitrogens with two attached hydrogens (primary N) is 1. The van der Waals surface area contributed by atoms with Gasteiger partial charge in [0.05, 0.1) is 0 Å². The molecule has 2 saturated heterocycles. The lowest BCUT2D eigenvalue weighted by Gasteiger charge is -2.31. The highest BCUT2D eigenvalue weighted by molar-refractivity contribution is 5.97. The van der Waals surface area contributed by atoms with Gasteiger partial charge >= 0.3 is 6.03 Å². The molecule has 2 heterocycles. The van der Waals surface area contributed by atoms with Crippen molar-refractivity contribution in [3.63, 3.8) is 0 Å². The van der Waals surface area contributed by atoms with E-state index < -0.39 is 0 Å². The molecule has 3 rings (SSSR count). The molecular formula is C16H22N4O2. The van der Waals surface area contributed by atoms with Crippen LogP contribution in [0.2, 0.25) is 0 Å². The van der Waals surface area contributed by atoms with Crippen molar-refractivity contribution in [1.82, 2.24) is 10.2 Å². The maximum atomic E-state index is 12.5. The van der Waals surface area contributed by atoms with Gasteiger partial charge in [0.1, 0.15) is 0 Å². The molecule has 0 spiro atoms. The highest BCUT2D eigenvalue weighted by atomic mass is 16.2. The van der Waals surface area contributed by atoms with Crippen molar-refractivity contribution in [2.45, 2.75) is 12.8 Å². The van der Waals surface area contributed by atoms with Crippen LogP contribution in [-0.4, -0.2) is 49.6 Å². The molecular weight excluding hydrogens is 280 g/mol. The second kappa shape index (κ2) is 6.36. The van der Waals surface area contributed by atoms with E-state index in [2.05, 4.69) is 5.32 Å². The lowest BCUT2D eigenvalue weighted by molar-refractivity contribution is 0.0693. The number of amides is 3. The van der Waals surface area contributed by atoms with E-state index in [0.29, 0.717) is 31.1 Å². The van der Waals surface area contributed by atoms with Crippen LogP contribution in [0.4, 0.5) is 10.5 Å². The number of piperidine rings is 1. The van der Waals surface area contributed by atoms with Gasteiger partial charge in [-0.2, -0.15) is 0 Å². The van der Waals surface area contributed by atoms with Gasteiger partial charge in [-0.15, -0.1) is 0 Å². The van der Waals surface area contributed by atoms with Crippen LogP contribution in [0, 0.1) is 5.92 Å². The molecule has 1 aromatic rings. The Hall–Kier alpha value is -2.08. The number of benzene rings is 1. The van der Waals surface area contributed by atoms with Crippen molar-refractivity contribution in [1.29, 1.82) is 0 Å². The number of anilines is 1. The van der Waals surface area contributed by atoms with Gasteiger partial charge < -0.3 is 16.0 Å². The van der Waals surface area contributed by atoms with Gasteiger partial charge in [-0.05, 0) is 49.6 Å². The zero-order chi connectivity index (χ0) is 15.5. The molecule has 0 saturated carbocycles. The smallest absolute Gasteiger partial charge is 0.321 e. The molecule has 22 heavy (non-hydrogen) atoms. The summed E-state index contributed by atoms with van der Waals surface area (Å²) >= 11 is 0. The van der Waals surface area contributed by atoms with E-state index in [1.807, 2.05) is 17.0 Å². The molecule has 118 valence electrons. The molecule has 2 aliphatic heterocycles. The number of likely N-dealkylation sites (tertiary alicyclic amines) is 1. The fraction of sp³-hybridized carbons (Fsp3) is 0.500. The Morgan fingerprint density at radius 3 is 2.41 bits per heavy atom. The predicted octanol–water partition coefficient (Wildman–Crippen LogP) is 1.03. The Morgan fingerprint density at radius 2 is 1.86 bits per heavy atom. The number of hydrogen-bond donors (Lipinski definition) is 2. The number of nitrogens with one attached hydrogen (secondary N) is 1. The summed E-state index contributed by atoms with van der Waals surface area (Å²) in [5.74, 6) is 0.605. The first kappa shape index (κ1) is 14.8. The van der Waals surface area contributed by atoms with E-state index in [-0.39, 0.29) is 11.9 Å². The second-order valence-electron chi connectivity index (χ2n) is 5.90. The maximum Gasteiger partial charge on any atom is 0.321 e. The van der Waals surface area contributed by atoms with Gasteiger partial charge in [0, 0.05) is 37.4 Å². The Bertz CT molecular complexity index is 550. The van der Waals surface area contributed by atoms with Gasteiger partial charge in [0.2, 0.25) is 0 Å². The van der Waals surface area contributed by atoms with E-state index in [1.165, 1.54) is 0 Å². The van der Waals surface area contributed by atoms with E-state index in [9.17, 15) is 9.59 Å². The lowest BCUT2D eigenvalue weighted by atomic mass is 9.96. The average molecular weight is 302 g/mol. The summed E-state index contributed by atoms with van der Waals surface area (Å²) < 4.78 is 0. The van der Waals surface area contributed by atoms with E-state index >= 15 is 0 Å². The van der Waals surface area contributed by atoms with Gasteiger partial charge in [0.25, 0.3) is 5.91 Å². The number of nitrogens with zero attached hydrogens (tertiary/aromatic N) is 2. The highest BCUT2D eigenvalue weighted by Gasteiger charge is 2.24. The first-order valence-electron chi connectivity index (χ1n) is 7.84. The minimum Gasteiger partial charge on any atom is -0.339 e. The Labute approximate surface area is 130 Å². The number of carbonyl (C=O) groups excluding carboxylic acids is 2. The van der Waals surface area contributed by atoms with Crippen molar-refractivity contribution in [3.05, 3.63) is 29.8 Å². The van der Waals surface area contributed by atoms with Gasteiger partial charge in [-0.3, -0.25) is 9.69 Å². The topological polar surface area (TPSA) is 78.7 Å². The molecule has 2 fully saturated rings. The third-order valence-corrected chi connectivity index (χ3v) is 4.52. The first-order valence-corrected chi connectivity index (χ1v) is 7.84. The van der Waals surface area contributed by atoms with Crippen LogP contribution in [0.3, 0.4) is 0 Å². The quantitative estimate of drug-likeness (QED) is 0.875. The number of hydrogen-bond acceptors (Lipinski definition) is 3. The van der Waals surface area contributed by atoms with Crippen LogP contribution in [0.1, 0.15) is 23.2 Å². The molecule has 3 amide bonds. The Morgan fingerprint density at radius 1 is 1.18 bits per heavy atom. The van der Waals surface area contributed by atoms with Crippen LogP contribution in [0.25, 0.3) is 0 Å². The molecule has 0 atom stereocenters. The zero-order valence-corrected chi connectivity index (χ0v) is 12.6. The highest BCUT2D eigenvalue weighted by Crippen LogP contribution is 2.21. The molecule has 6 heteroatoms. The summed E-state index contributed by atoms with van der Waals surface area (Å²) in [6, 6.07) is 7.20. The fourth-order valence-electron chi connectivity index (χ4n) is 3.06. The first-order chi connectivity index (χ1) is 10.7. The molecule has 0 aliphatic carbocycles. The molecule has 2 aliphatic rings. The lowest BCUT2D eigenvalue weighted by Crippen LogP contribution is -2.40. The molecule has 0 bridgehead atoms. The zero-order valence-electron chi connectivity index (χ0n) is 12.6. The van der Waals surface area contributed by atoms with E-state index in [0.717, 1.165) is 31.6 Å². The number of rotatable bonds is 3. The number of carbonyl (C=O) groups is 2. The summed E-state index contributed by atoms with van der Waals surface area (Å²) in [4.78, 5) is 27.7. The normalized spacial score (nSPS) is 19.4. The number of urea groups is 1. The van der Waals surface area contributed by atoms with Gasteiger partial charge in [-0.25, -0.2) is 4.79 Å². The molecule has 3 N–H and O–H groups in total. The van der Waals surface area contributed by atoms with Crippen LogP contribution >= 0.6 is 0 Å². The standard InChI is InChI=1S/C16H22N4O2/c17-11-12-5-8-19(9-6-12)15(21)13-1-3-14(4-2-13)20-10-7-18-16(20)22/h1-4,12H,5-11,17H2,(H,18,22). The molecule has 0 radical (unpaired) electrons. The largest absolute Gasteiger partial charge is 0.339 e. The summed E-state index contributed by atoms with van der Waals surface area (Å²) in [5.41, 5.74) is 7.19. The fourth-order valence-corrected chi connectivity index (χ4v) is 3.06. The van der Waals surface area contributed by atoms with Crippen molar-refractivity contribution in [3.8, 4) is 0 Å². The van der Waals surface area contributed by atoms with Gasteiger partial charge in [0.15, 0.2) is 0 Å². The second-order valence-corrected chi connectivity index (χ2v) is 5.90. The summed E-state index contributed by atoms with van der Waals surface area (Å²) in [6.45, 7) is 3.58. The molecule has 0 aromatic heterocycles. The minimum absolute atomic E-state index is 0.0629. The van der Waals surface area contributed by atoms with Crippen molar-refractivity contribution < 1.29 is 9.59 Å². The molecule has 0 unspecified atom stereocenters. The summed E-state index contributed by atoms with van der Waals surface area (Å²) in [7, 11) is 0. The van der Waals surface area contributed by atoms with E-state index in [4.69, 9.17) is 5.73 Å². The van der Waals surface area contributed by atoms with Crippen LogP contribution in [0.15, 0.2) is 24.3 Å². The maximum absolute atomic E-state index is 12.5. The molecule has 6 nitrogen and oxygen atoms in total. The van der Waals surface area contributed by atoms with Crippen molar-refractivity contribution in [2.24, 2.45) is 11.7 Å². The third kappa shape index (κ3) is 2.92. The predicted molar refractivity (Wildman–Crippen MR) is 84.9 cm³/mol. The Balaban J connectivity index is 1.65. The Kier molecular flexibility index (Phi) is 4.29.